The van der Waals surface area contributed by atoms with Gasteiger partial charge < -0.3 is 0 Å². The smallest absolute Gasteiger partial charge is 0.263 e. The molecule has 70 valence electrons. The van der Waals surface area contributed by atoms with Crippen LogP contribution in [-0.4, -0.2) is 5.91 Å². The van der Waals surface area contributed by atoms with E-state index in [9.17, 15) is 4.79 Å². The summed E-state index contributed by atoms with van der Waals surface area (Å²) < 4.78 is 0. The number of carbonyl (C=O) groups excluding carboxylic acids is 1. The highest BCUT2D eigenvalue weighted by Crippen LogP contribution is 2.39. The first kappa shape index (κ1) is 8.08. The lowest BCUT2D eigenvalue weighted by atomic mass is 10.0. The molecule has 0 saturated carbocycles. The fourth-order valence-corrected chi connectivity index (χ4v) is 2.72. The topological polar surface area (TPSA) is 41.1 Å². The average molecular weight is 204 g/mol. The summed E-state index contributed by atoms with van der Waals surface area (Å²) in [6.45, 7) is 0. The Hall–Kier alpha value is -1.26. The van der Waals surface area contributed by atoms with Crippen molar-refractivity contribution < 1.29 is 4.79 Å². The number of hydrogen-bond donors (Lipinski definition) is 2. The number of amides is 1. The van der Waals surface area contributed by atoms with Gasteiger partial charge >= 0.3 is 0 Å². The summed E-state index contributed by atoms with van der Waals surface area (Å²) >= 11 is 1.61. The normalized spacial score (nSPS) is 23.6. The van der Waals surface area contributed by atoms with Gasteiger partial charge in [0.15, 0.2) is 0 Å². The van der Waals surface area contributed by atoms with Crippen molar-refractivity contribution in [2.45, 2.75) is 10.9 Å². The van der Waals surface area contributed by atoms with Crippen molar-refractivity contribution in [3.8, 4) is 0 Å². The molecule has 3 nitrogen and oxygen atoms in total. The minimum absolute atomic E-state index is 0.0167. The van der Waals surface area contributed by atoms with E-state index in [1.54, 1.807) is 11.8 Å². The maximum Gasteiger partial charge on any atom is 0.263 e. The monoisotopic (exact) mass is 204 g/mol. The van der Waals surface area contributed by atoms with Crippen LogP contribution < -0.4 is 10.9 Å². The number of thioether (sulfide) groups is 1. The Balaban J connectivity index is 2.13. The third-order valence-corrected chi connectivity index (χ3v) is 3.44. The Labute approximate surface area is 85.5 Å². The van der Waals surface area contributed by atoms with Crippen molar-refractivity contribution in [3.63, 3.8) is 0 Å². The molecule has 1 aromatic carbocycles. The molecule has 2 aliphatic rings. The van der Waals surface area contributed by atoms with Crippen LogP contribution in [0.2, 0.25) is 0 Å². The molecule has 0 spiro atoms. The standard InChI is InChI=1S/C10H8N2OS/c13-10-7-5-14-8-4-2-1-3-6(8)9(7)11-12-10/h1-5,9,11H,(H,12,13). The van der Waals surface area contributed by atoms with Crippen LogP contribution in [0.15, 0.2) is 40.1 Å². The van der Waals surface area contributed by atoms with Gasteiger partial charge in [0.05, 0.1) is 6.04 Å². The molecule has 14 heavy (non-hydrogen) atoms. The summed E-state index contributed by atoms with van der Waals surface area (Å²) in [6, 6.07) is 8.15. The summed E-state index contributed by atoms with van der Waals surface area (Å²) in [7, 11) is 0. The number of rotatable bonds is 0. The van der Waals surface area contributed by atoms with E-state index in [4.69, 9.17) is 0 Å². The second-order valence-corrected chi connectivity index (χ2v) is 4.17. The number of nitrogens with one attached hydrogen (secondary N) is 2. The van der Waals surface area contributed by atoms with Crippen LogP contribution in [-0.2, 0) is 4.79 Å². The van der Waals surface area contributed by atoms with Gasteiger partial charge in [-0.25, -0.2) is 5.43 Å². The van der Waals surface area contributed by atoms with E-state index < -0.39 is 0 Å². The molecular weight excluding hydrogens is 196 g/mol. The first-order valence-corrected chi connectivity index (χ1v) is 5.26. The Bertz CT molecular complexity index is 442. The first-order valence-electron chi connectivity index (χ1n) is 4.38. The zero-order valence-corrected chi connectivity index (χ0v) is 8.10. The molecule has 0 aliphatic carbocycles. The molecule has 2 heterocycles. The van der Waals surface area contributed by atoms with Gasteiger partial charge in [-0.2, -0.15) is 0 Å². The molecule has 1 saturated heterocycles. The van der Waals surface area contributed by atoms with E-state index in [0.29, 0.717) is 0 Å². The summed E-state index contributed by atoms with van der Waals surface area (Å²) in [5.41, 5.74) is 7.60. The maximum atomic E-state index is 11.4. The number of fused-ring (bicyclic) bond motifs is 3. The van der Waals surface area contributed by atoms with Crippen molar-refractivity contribution in [3.05, 3.63) is 40.8 Å². The highest BCUT2D eigenvalue weighted by molar-refractivity contribution is 8.02. The number of hydrogen-bond acceptors (Lipinski definition) is 3. The summed E-state index contributed by atoms with van der Waals surface area (Å²) in [5.74, 6) is -0.0167. The van der Waals surface area contributed by atoms with E-state index in [0.717, 1.165) is 5.57 Å². The molecule has 2 N–H and O–H groups in total. The van der Waals surface area contributed by atoms with Crippen LogP contribution in [0.3, 0.4) is 0 Å². The molecular formula is C10H8N2OS. The minimum atomic E-state index is -0.0167. The van der Waals surface area contributed by atoms with Crippen LogP contribution in [0.5, 0.6) is 0 Å². The van der Waals surface area contributed by atoms with E-state index in [1.807, 2.05) is 23.6 Å². The van der Waals surface area contributed by atoms with Crippen molar-refractivity contribution in [2.75, 3.05) is 0 Å². The molecule has 1 unspecified atom stereocenters. The van der Waals surface area contributed by atoms with Gasteiger partial charge in [-0.1, -0.05) is 30.0 Å². The zero-order valence-electron chi connectivity index (χ0n) is 7.28. The lowest BCUT2D eigenvalue weighted by molar-refractivity contribution is -0.116. The maximum absolute atomic E-state index is 11.4. The second-order valence-electron chi connectivity index (χ2n) is 3.26. The first-order chi connectivity index (χ1) is 6.86. The van der Waals surface area contributed by atoms with Gasteiger partial charge in [-0.15, -0.1) is 0 Å². The van der Waals surface area contributed by atoms with Gasteiger partial charge in [-0.3, -0.25) is 10.2 Å². The molecule has 1 fully saturated rings. The number of benzene rings is 1. The summed E-state index contributed by atoms with van der Waals surface area (Å²) in [6.07, 6.45) is 0. The molecule has 0 radical (unpaired) electrons. The van der Waals surface area contributed by atoms with Gasteiger partial charge in [0.1, 0.15) is 0 Å². The number of carbonyl (C=O) groups is 1. The highest BCUT2D eigenvalue weighted by Gasteiger charge is 2.32. The van der Waals surface area contributed by atoms with Crippen molar-refractivity contribution in [1.82, 2.24) is 10.9 Å². The van der Waals surface area contributed by atoms with Gasteiger partial charge in [0.2, 0.25) is 0 Å². The molecule has 1 aromatic rings. The van der Waals surface area contributed by atoms with E-state index in [1.165, 1.54) is 10.5 Å². The van der Waals surface area contributed by atoms with Crippen LogP contribution in [0.25, 0.3) is 0 Å². The van der Waals surface area contributed by atoms with Gasteiger partial charge in [-0.05, 0) is 17.0 Å². The van der Waals surface area contributed by atoms with Crippen LogP contribution in [0.4, 0.5) is 0 Å². The van der Waals surface area contributed by atoms with Crippen LogP contribution in [0, 0.1) is 0 Å². The number of hydrazine groups is 1. The summed E-state index contributed by atoms with van der Waals surface area (Å²) in [5, 5.41) is 1.92. The second kappa shape index (κ2) is 2.87. The average Bonchev–Trinajstić information content (AvgIpc) is 2.61. The molecule has 3 rings (SSSR count). The molecule has 0 aromatic heterocycles. The molecule has 2 aliphatic heterocycles. The fourth-order valence-electron chi connectivity index (χ4n) is 1.74. The minimum Gasteiger partial charge on any atom is -0.287 e. The van der Waals surface area contributed by atoms with Gasteiger partial charge in [0.25, 0.3) is 5.91 Å². The lowest BCUT2D eigenvalue weighted by Crippen LogP contribution is -2.27. The van der Waals surface area contributed by atoms with Crippen LogP contribution in [0.1, 0.15) is 11.6 Å². The Morgan fingerprint density at radius 1 is 1.29 bits per heavy atom. The molecule has 4 heteroatoms. The fraction of sp³-hybridized carbons (Fsp3) is 0.100. The summed E-state index contributed by atoms with van der Waals surface area (Å²) in [4.78, 5) is 12.6. The Kier molecular flexibility index (Phi) is 1.65. The van der Waals surface area contributed by atoms with Crippen molar-refractivity contribution in [1.29, 1.82) is 0 Å². The zero-order chi connectivity index (χ0) is 9.54. The Morgan fingerprint density at radius 3 is 3.07 bits per heavy atom. The third kappa shape index (κ3) is 1.01. The molecule has 0 bridgehead atoms. The van der Waals surface area contributed by atoms with E-state index in [2.05, 4.69) is 16.9 Å². The molecule has 1 atom stereocenters. The van der Waals surface area contributed by atoms with Crippen LogP contribution >= 0.6 is 11.8 Å². The predicted molar refractivity (Wildman–Crippen MR) is 54.4 cm³/mol. The lowest BCUT2D eigenvalue weighted by Gasteiger charge is -2.18. The quantitative estimate of drug-likeness (QED) is 0.670. The van der Waals surface area contributed by atoms with E-state index >= 15 is 0 Å². The van der Waals surface area contributed by atoms with Crippen molar-refractivity contribution >= 4 is 17.7 Å². The van der Waals surface area contributed by atoms with Crippen molar-refractivity contribution in [2.24, 2.45) is 0 Å². The molecule has 1 amide bonds. The Morgan fingerprint density at radius 2 is 2.14 bits per heavy atom. The van der Waals surface area contributed by atoms with E-state index in [-0.39, 0.29) is 11.9 Å². The third-order valence-electron chi connectivity index (χ3n) is 2.45. The highest BCUT2D eigenvalue weighted by atomic mass is 32.2. The SMILES string of the molecule is O=C1NNC2C1=CSc1ccccc12. The largest absolute Gasteiger partial charge is 0.287 e. The predicted octanol–water partition coefficient (Wildman–Crippen LogP) is 1.35. The van der Waals surface area contributed by atoms with Gasteiger partial charge in [0, 0.05) is 10.5 Å².